The van der Waals surface area contributed by atoms with Crippen LogP contribution in [0.3, 0.4) is 0 Å². The standard InChI is InChI=1S/C19H16BrN5O2/c1-27-15-4-2-3-12(5-15)10-25-11-13(7-23-25)19(26)24-17-9-22-18-16(17)6-14(20)8-21-18/h2-9,11H,10H2,1H3,(H,21,22)(H,24,26). The summed E-state index contributed by atoms with van der Waals surface area (Å²) in [6.45, 7) is 0.550. The Kier molecular flexibility index (Phi) is 4.64. The number of fused-ring (bicyclic) bond motifs is 1. The number of ether oxygens (including phenoxy) is 1. The summed E-state index contributed by atoms with van der Waals surface area (Å²) in [5, 5.41) is 8.02. The number of aromatic nitrogens is 4. The highest BCUT2D eigenvalue weighted by Gasteiger charge is 2.13. The van der Waals surface area contributed by atoms with Gasteiger partial charge in [-0.15, -0.1) is 0 Å². The summed E-state index contributed by atoms with van der Waals surface area (Å²) in [6, 6.07) is 9.65. The van der Waals surface area contributed by atoms with E-state index in [2.05, 4.69) is 36.3 Å². The second-order valence-corrected chi connectivity index (χ2v) is 6.90. The van der Waals surface area contributed by atoms with Crippen LogP contribution in [0.15, 0.2) is 59.6 Å². The topological polar surface area (TPSA) is 84.8 Å². The third-order valence-corrected chi connectivity index (χ3v) is 4.55. The number of halogens is 1. The number of benzene rings is 1. The number of anilines is 1. The molecule has 7 nitrogen and oxygen atoms in total. The van der Waals surface area contributed by atoms with Crippen molar-refractivity contribution in [1.29, 1.82) is 0 Å². The fraction of sp³-hybridized carbons (Fsp3) is 0.105. The van der Waals surface area contributed by atoms with Gasteiger partial charge in [-0.2, -0.15) is 5.10 Å². The number of nitrogens with one attached hydrogen (secondary N) is 2. The molecule has 1 aromatic carbocycles. The molecule has 0 bridgehead atoms. The summed E-state index contributed by atoms with van der Waals surface area (Å²) in [7, 11) is 1.63. The normalized spacial score (nSPS) is 10.9. The smallest absolute Gasteiger partial charge is 0.258 e. The molecule has 0 atom stereocenters. The van der Waals surface area contributed by atoms with Gasteiger partial charge in [0.1, 0.15) is 11.4 Å². The van der Waals surface area contributed by atoms with E-state index < -0.39 is 0 Å². The Morgan fingerprint density at radius 3 is 3.07 bits per heavy atom. The van der Waals surface area contributed by atoms with Crippen molar-refractivity contribution in [1.82, 2.24) is 19.7 Å². The minimum Gasteiger partial charge on any atom is -0.497 e. The summed E-state index contributed by atoms with van der Waals surface area (Å²) >= 11 is 3.40. The second-order valence-electron chi connectivity index (χ2n) is 5.98. The second kappa shape index (κ2) is 7.24. The quantitative estimate of drug-likeness (QED) is 0.508. The number of H-pyrrole nitrogens is 1. The minimum absolute atomic E-state index is 0.229. The largest absolute Gasteiger partial charge is 0.497 e. The van der Waals surface area contributed by atoms with Crippen molar-refractivity contribution in [2.45, 2.75) is 6.54 Å². The van der Waals surface area contributed by atoms with Gasteiger partial charge < -0.3 is 15.0 Å². The predicted octanol–water partition coefficient (Wildman–Crippen LogP) is 3.83. The van der Waals surface area contributed by atoms with Crippen LogP contribution in [0, 0.1) is 0 Å². The van der Waals surface area contributed by atoms with Gasteiger partial charge in [0.15, 0.2) is 0 Å². The number of carbonyl (C=O) groups is 1. The zero-order valence-corrected chi connectivity index (χ0v) is 16.0. The SMILES string of the molecule is COc1cccc(Cn2cc(C(=O)Nc3c[nH]c4ncc(Br)cc34)cn2)c1. The fourth-order valence-electron chi connectivity index (χ4n) is 2.80. The lowest BCUT2D eigenvalue weighted by Gasteiger charge is -2.04. The number of methoxy groups -OCH3 is 1. The lowest BCUT2D eigenvalue weighted by atomic mass is 10.2. The molecule has 8 heteroatoms. The number of hydrogen-bond donors (Lipinski definition) is 2. The van der Waals surface area contributed by atoms with Crippen molar-refractivity contribution in [3.8, 4) is 5.75 Å². The van der Waals surface area contributed by atoms with Crippen LogP contribution in [0.4, 0.5) is 5.69 Å². The molecule has 0 radical (unpaired) electrons. The Hall–Kier alpha value is -3.13. The van der Waals surface area contributed by atoms with Gasteiger partial charge in [0, 0.05) is 28.4 Å². The molecule has 4 rings (SSSR count). The van der Waals surface area contributed by atoms with Crippen LogP contribution in [0.1, 0.15) is 15.9 Å². The molecule has 0 saturated carbocycles. The van der Waals surface area contributed by atoms with Gasteiger partial charge in [-0.1, -0.05) is 12.1 Å². The fourth-order valence-corrected chi connectivity index (χ4v) is 3.13. The molecule has 3 aromatic heterocycles. The van der Waals surface area contributed by atoms with Crippen molar-refractivity contribution in [2.24, 2.45) is 0 Å². The molecule has 1 amide bonds. The first-order chi connectivity index (χ1) is 13.1. The third-order valence-electron chi connectivity index (χ3n) is 4.12. The van der Waals surface area contributed by atoms with E-state index in [4.69, 9.17) is 4.74 Å². The highest BCUT2D eigenvalue weighted by Crippen LogP contribution is 2.25. The first kappa shape index (κ1) is 17.3. The number of aromatic amines is 1. The van der Waals surface area contributed by atoms with Gasteiger partial charge >= 0.3 is 0 Å². The van der Waals surface area contributed by atoms with Crippen molar-refractivity contribution >= 4 is 38.6 Å². The average molecular weight is 426 g/mol. The summed E-state index contributed by atoms with van der Waals surface area (Å²) in [4.78, 5) is 19.9. The maximum absolute atomic E-state index is 12.6. The van der Waals surface area contributed by atoms with Gasteiger partial charge in [0.2, 0.25) is 0 Å². The Balaban J connectivity index is 1.50. The highest BCUT2D eigenvalue weighted by molar-refractivity contribution is 9.10. The van der Waals surface area contributed by atoms with Gasteiger partial charge in [0.25, 0.3) is 5.91 Å². The maximum atomic E-state index is 12.6. The van der Waals surface area contributed by atoms with Crippen LogP contribution in [-0.2, 0) is 6.54 Å². The number of pyridine rings is 1. The molecule has 136 valence electrons. The van der Waals surface area contributed by atoms with E-state index in [9.17, 15) is 4.79 Å². The number of carbonyl (C=O) groups excluding carboxylic acids is 1. The number of nitrogens with zero attached hydrogens (tertiary/aromatic N) is 3. The molecular formula is C19H16BrN5O2. The molecule has 3 heterocycles. The molecule has 0 unspecified atom stereocenters. The maximum Gasteiger partial charge on any atom is 0.258 e. The van der Waals surface area contributed by atoms with Crippen LogP contribution < -0.4 is 10.1 Å². The Morgan fingerprint density at radius 1 is 1.33 bits per heavy atom. The number of rotatable bonds is 5. The summed E-state index contributed by atoms with van der Waals surface area (Å²) in [6.07, 6.45) is 6.70. The lowest BCUT2D eigenvalue weighted by molar-refractivity contribution is 0.102. The van der Waals surface area contributed by atoms with E-state index in [1.54, 1.807) is 36.6 Å². The van der Waals surface area contributed by atoms with Crippen molar-refractivity contribution < 1.29 is 9.53 Å². The van der Waals surface area contributed by atoms with Crippen molar-refractivity contribution in [3.05, 3.63) is 70.7 Å². The first-order valence-electron chi connectivity index (χ1n) is 8.22. The zero-order chi connectivity index (χ0) is 18.8. The van der Waals surface area contributed by atoms with Crippen LogP contribution in [0.5, 0.6) is 5.75 Å². The Labute approximate surface area is 163 Å². The van der Waals surface area contributed by atoms with Gasteiger partial charge in [-0.3, -0.25) is 9.48 Å². The predicted molar refractivity (Wildman–Crippen MR) is 106 cm³/mol. The molecule has 2 N–H and O–H groups in total. The molecule has 0 aliphatic heterocycles. The van der Waals surface area contributed by atoms with E-state index >= 15 is 0 Å². The lowest BCUT2D eigenvalue weighted by Crippen LogP contribution is -2.10. The van der Waals surface area contributed by atoms with E-state index in [1.165, 1.54) is 0 Å². The summed E-state index contributed by atoms with van der Waals surface area (Å²) in [5.41, 5.74) is 2.90. The van der Waals surface area contributed by atoms with E-state index in [1.807, 2.05) is 30.3 Å². The molecule has 0 aliphatic rings. The number of amides is 1. The van der Waals surface area contributed by atoms with Crippen molar-refractivity contribution in [2.75, 3.05) is 12.4 Å². The van der Waals surface area contributed by atoms with Gasteiger partial charge in [0.05, 0.1) is 31.1 Å². The monoisotopic (exact) mass is 425 g/mol. The first-order valence-corrected chi connectivity index (χ1v) is 9.01. The minimum atomic E-state index is -0.229. The highest BCUT2D eigenvalue weighted by atomic mass is 79.9. The molecule has 0 aliphatic carbocycles. The number of hydrogen-bond acceptors (Lipinski definition) is 4. The molecule has 27 heavy (non-hydrogen) atoms. The third kappa shape index (κ3) is 3.70. The molecule has 0 fully saturated rings. The Bertz CT molecular complexity index is 1120. The van der Waals surface area contributed by atoms with Crippen LogP contribution in [0.25, 0.3) is 11.0 Å². The zero-order valence-electron chi connectivity index (χ0n) is 14.4. The molecule has 4 aromatic rings. The van der Waals surface area contributed by atoms with Gasteiger partial charge in [-0.05, 0) is 39.7 Å². The van der Waals surface area contributed by atoms with E-state index in [-0.39, 0.29) is 5.91 Å². The molecule has 0 saturated heterocycles. The van der Waals surface area contributed by atoms with E-state index in [0.717, 1.165) is 21.2 Å². The van der Waals surface area contributed by atoms with Crippen LogP contribution in [0.2, 0.25) is 0 Å². The van der Waals surface area contributed by atoms with Gasteiger partial charge in [-0.25, -0.2) is 4.98 Å². The van der Waals surface area contributed by atoms with Crippen molar-refractivity contribution in [3.63, 3.8) is 0 Å². The molecule has 0 spiro atoms. The summed E-state index contributed by atoms with van der Waals surface area (Å²) in [5.74, 6) is 0.560. The van der Waals surface area contributed by atoms with Crippen LogP contribution in [-0.4, -0.2) is 32.8 Å². The average Bonchev–Trinajstić information content (AvgIpc) is 3.29. The van der Waals surface area contributed by atoms with E-state index in [0.29, 0.717) is 23.4 Å². The Morgan fingerprint density at radius 2 is 2.22 bits per heavy atom. The molecular weight excluding hydrogens is 410 g/mol. The van der Waals surface area contributed by atoms with Crippen LogP contribution >= 0.6 is 15.9 Å². The summed E-state index contributed by atoms with van der Waals surface area (Å²) < 4.78 is 7.80.